The number of fused-ring (bicyclic) bond motifs is 11. The molecule has 0 unspecified atom stereocenters. The van der Waals surface area contributed by atoms with Gasteiger partial charge in [0.15, 0.2) is 28.4 Å². The molecular weight excluding hydrogens is 1280 g/mol. The van der Waals surface area contributed by atoms with Crippen molar-refractivity contribution in [2.75, 3.05) is 26.4 Å². The van der Waals surface area contributed by atoms with E-state index >= 15 is 0 Å². The van der Waals surface area contributed by atoms with Crippen molar-refractivity contribution in [2.24, 2.45) is 0 Å². The first kappa shape index (κ1) is 62.7. The van der Waals surface area contributed by atoms with Crippen LogP contribution in [0.2, 0.25) is 0 Å². The van der Waals surface area contributed by atoms with Crippen molar-refractivity contribution < 1.29 is 45.3 Å². The summed E-state index contributed by atoms with van der Waals surface area (Å²) in [6, 6.07) is 51.2. The van der Waals surface area contributed by atoms with E-state index in [1.165, 1.54) is 24.3 Å². The summed E-state index contributed by atoms with van der Waals surface area (Å²) in [4.78, 5) is 0. The molecule has 10 nitrogen and oxygen atoms in total. The number of alkyl halides is 6. The quantitative estimate of drug-likeness (QED) is 0.0968. The molecule has 3 aliphatic carbocycles. The van der Waals surface area contributed by atoms with Crippen molar-refractivity contribution in [3.63, 3.8) is 0 Å². The molecule has 12 aromatic rings. The Kier molecular flexibility index (Phi) is 14.8. The topological polar surface area (TPSA) is 136 Å². The third kappa shape index (κ3) is 9.60. The van der Waals surface area contributed by atoms with Gasteiger partial charge in [0.05, 0.1) is 95.4 Å². The molecule has 0 N–H and O–H groups in total. The number of nitrogens with zero attached hydrogens (tertiary/aromatic N) is 6. The van der Waals surface area contributed by atoms with Gasteiger partial charge in [0, 0.05) is 10.8 Å². The van der Waals surface area contributed by atoms with E-state index in [1.807, 2.05) is 58.0 Å². The van der Waals surface area contributed by atoms with Gasteiger partial charge in [0.2, 0.25) is 0 Å². The Morgan fingerprint density at radius 3 is 0.825 bits per heavy atom. The van der Waals surface area contributed by atoms with E-state index in [9.17, 15) is 36.9 Å². The maximum atomic E-state index is 13.6. The Hall–Kier alpha value is -10.4. The van der Waals surface area contributed by atoms with Gasteiger partial charge in [-0.1, -0.05) is 125 Å². The highest BCUT2D eigenvalue weighted by atomic mass is 32.1. The summed E-state index contributed by atoms with van der Waals surface area (Å²) in [6.45, 7) is 17.6. The Morgan fingerprint density at radius 1 is 0.340 bits per heavy atom. The summed E-state index contributed by atoms with van der Waals surface area (Å²) >= 11 is 2.17. The summed E-state index contributed by atoms with van der Waals surface area (Å²) in [5, 5.41) is 22.2. The first-order valence-corrected chi connectivity index (χ1v) is 33.3. The third-order valence-corrected chi connectivity index (χ3v) is 20.5. The van der Waals surface area contributed by atoms with Crippen molar-refractivity contribution in [2.45, 2.75) is 84.0 Å². The molecule has 0 aliphatic heterocycles. The smallest absolute Gasteiger partial charge is 0.416 e. The highest BCUT2D eigenvalue weighted by Crippen LogP contribution is 2.59. The van der Waals surface area contributed by atoms with E-state index in [4.69, 9.17) is 36.4 Å². The van der Waals surface area contributed by atoms with E-state index < -0.39 is 39.7 Å². The van der Waals surface area contributed by atoms with Crippen LogP contribution in [0.4, 0.5) is 26.3 Å². The largest absolute Gasteiger partial charge is 0.489 e. The minimum Gasteiger partial charge on any atom is -0.489 e. The number of benzene rings is 10. The zero-order valence-corrected chi connectivity index (χ0v) is 55.4. The molecule has 97 heavy (non-hydrogen) atoms. The first-order chi connectivity index (χ1) is 46.6. The van der Waals surface area contributed by atoms with Gasteiger partial charge in [-0.05, 0) is 200 Å². The van der Waals surface area contributed by atoms with Crippen LogP contribution in [0, 0.1) is 22.7 Å². The maximum Gasteiger partial charge on any atom is 0.416 e. The molecule has 0 bridgehead atoms. The minimum absolute atomic E-state index is 0.251. The second kappa shape index (κ2) is 22.9. The predicted molar refractivity (Wildman–Crippen MR) is 368 cm³/mol. The molecule has 3 aliphatic rings. The molecule has 18 heteroatoms. The standard InChI is InChI=1S/C79H58F6N6O4S2/c1-9-92-71-63(45-19-29-52-51-27-17-43(33-57(51)75(5,6)58(52)35-45)41-13-23-49(24-14-41)78(80,81)82)67-68(89-96-88-67)64(72(71)93-10-2)46-20-30-53-54-31-21-47(37-60(54)76(7,8)59(53)36-46)65-69-70(91-97-90-69)66(74(95-12-4)73(65)94-11-3)48-22-32-56-55-28-18-44(42-15-25-50(26-16-42)79(83,84)85)34-61(55)77(39-86,40-87)62(56)38-48/h13-38H,9-12H2,1-8H3. The number of rotatable bonds is 14. The van der Waals surface area contributed by atoms with Crippen molar-refractivity contribution in [1.29, 1.82) is 10.5 Å². The summed E-state index contributed by atoms with van der Waals surface area (Å²) in [5.74, 6) is 1.96. The molecule has 0 fully saturated rings. The molecule has 0 radical (unpaired) electrons. The number of halogens is 6. The average molecular weight is 1330 g/mol. The van der Waals surface area contributed by atoms with E-state index in [2.05, 4.69) is 107 Å². The van der Waals surface area contributed by atoms with Crippen molar-refractivity contribution >= 4 is 45.5 Å². The zero-order valence-electron chi connectivity index (χ0n) is 53.7. The van der Waals surface area contributed by atoms with Crippen LogP contribution in [0.5, 0.6) is 23.0 Å². The van der Waals surface area contributed by atoms with Crippen LogP contribution >= 0.6 is 23.5 Å². The monoisotopic (exact) mass is 1330 g/mol. The molecule has 0 spiro atoms. The van der Waals surface area contributed by atoms with Crippen molar-refractivity contribution in [3.8, 4) is 135 Å². The van der Waals surface area contributed by atoms with Gasteiger partial charge in [0.25, 0.3) is 0 Å². The lowest BCUT2D eigenvalue weighted by Gasteiger charge is -2.25. The molecule has 0 saturated carbocycles. The molecule has 15 rings (SSSR count). The number of ether oxygens (including phenoxy) is 4. The molecule has 482 valence electrons. The highest BCUT2D eigenvalue weighted by molar-refractivity contribution is 7.00. The second-order valence-corrected chi connectivity index (χ2v) is 26.5. The second-order valence-electron chi connectivity index (χ2n) is 25.4. The highest BCUT2D eigenvalue weighted by Gasteiger charge is 2.46. The number of nitriles is 2. The van der Waals surface area contributed by atoms with E-state index in [0.717, 1.165) is 126 Å². The summed E-state index contributed by atoms with van der Waals surface area (Å²) in [6.07, 6.45) is -8.94. The Bertz CT molecular complexity index is 5350. The van der Waals surface area contributed by atoms with Crippen LogP contribution in [0.1, 0.15) is 99.9 Å². The molecule has 2 heterocycles. The molecule has 0 atom stereocenters. The average Bonchev–Trinajstić information content (AvgIpc) is 1.62. The fraction of sp³-hybridized carbons (Fsp3) is 0.215. The predicted octanol–water partition coefficient (Wildman–Crippen LogP) is 21.3. The van der Waals surface area contributed by atoms with E-state index in [-0.39, 0.29) is 13.2 Å². The number of aromatic nitrogens is 4. The summed E-state index contributed by atoms with van der Waals surface area (Å²) in [7, 11) is 0. The van der Waals surface area contributed by atoms with Gasteiger partial charge in [-0.3, -0.25) is 0 Å². The number of hydrogen-bond donors (Lipinski definition) is 0. The minimum atomic E-state index is -4.51. The molecule has 10 aromatic carbocycles. The van der Waals surface area contributed by atoms with Gasteiger partial charge in [-0.2, -0.15) is 54.4 Å². The van der Waals surface area contributed by atoms with Crippen LogP contribution in [0.25, 0.3) is 122 Å². The normalized spacial score (nSPS) is 14.3. The molecule has 2 aromatic heterocycles. The lowest BCUT2D eigenvalue weighted by Crippen LogP contribution is -2.20. The molecule has 0 saturated heterocycles. The fourth-order valence-corrected chi connectivity index (χ4v) is 16.0. The van der Waals surface area contributed by atoms with Gasteiger partial charge < -0.3 is 18.9 Å². The van der Waals surface area contributed by atoms with Gasteiger partial charge in [-0.15, -0.1) is 0 Å². The lowest BCUT2D eigenvalue weighted by molar-refractivity contribution is -0.138. The van der Waals surface area contributed by atoms with Crippen molar-refractivity contribution in [1.82, 2.24) is 17.5 Å². The van der Waals surface area contributed by atoms with E-state index in [1.54, 1.807) is 12.1 Å². The Morgan fingerprint density at radius 2 is 0.567 bits per heavy atom. The number of hydrogen-bond acceptors (Lipinski definition) is 12. The first-order valence-electron chi connectivity index (χ1n) is 31.8. The van der Waals surface area contributed by atoms with Crippen LogP contribution in [0.3, 0.4) is 0 Å². The van der Waals surface area contributed by atoms with E-state index in [0.29, 0.717) is 114 Å². The Labute approximate surface area is 563 Å². The van der Waals surface area contributed by atoms with Crippen LogP contribution in [0.15, 0.2) is 158 Å². The fourth-order valence-electron chi connectivity index (χ4n) is 14.9. The van der Waals surface area contributed by atoms with Crippen LogP contribution in [-0.2, 0) is 28.6 Å². The van der Waals surface area contributed by atoms with Crippen LogP contribution in [-0.4, -0.2) is 43.9 Å². The summed E-state index contributed by atoms with van der Waals surface area (Å²) in [5.41, 5.74) is 17.4. The molecular formula is C79H58F6N6O4S2. The van der Waals surface area contributed by atoms with Crippen molar-refractivity contribution in [3.05, 3.63) is 202 Å². The zero-order chi connectivity index (χ0) is 67.8. The third-order valence-electron chi connectivity index (χ3n) is 19.5. The van der Waals surface area contributed by atoms with Gasteiger partial charge in [-0.25, -0.2) is 0 Å². The van der Waals surface area contributed by atoms with Crippen LogP contribution < -0.4 is 18.9 Å². The summed E-state index contributed by atoms with van der Waals surface area (Å²) < 4.78 is 128. The maximum absolute atomic E-state index is 13.6. The SMILES string of the molecule is CCOc1c(OCC)c(-c2ccc3c(c2)C(C)(C)c2cc(-c4c(OCC)c(OCC)c(-c5ccc6c(c5)C(C#N)(C#N)c5cc(-c7ccc(C(F)(F)F)cc7)ccc5-6)c5nsnc45)ccc2-3)c2nsnc2c1-c1ccc2c(c1)C(C)(C)c1cc(-c3ccc(C(F)(F)F)cc3)ccc1-2. The Balaban J connectivity index is 0.798. The lowest BCUT2D eigenvalue weighted by atomic mass is 9.79. The van der Waals surface area contributed by atoms with Gasteiger partial charge >= 0.3 is 12.4 Å². The van der Waals surface area contributed by atoms with Gasteiger partial charge in [0.1, 0.15) is 22.1 Å². The molecule has 0 amide bonds.